The molecule has 6 nitrogen and oxygen atoms in total. The third-order valence-electron chi connectivity index (χ3n) is 5.64. The van der Waals surface area contributed by atoms with E-state index < -0.39 is 5.60 Å². The second-order valence-electron chi connectivity index (χ2n) is 8.09. The number of carbonyl (C=O) groups is 1. The molecule has 3 rings (SSSR count). The number of allylic oxidation sites excluding steroid dienone is 1. The quantitative estimate of drug-likeness (QED) is 0.803. The third kappa shape index (κ3) is 4.29. The van der Waals surface area contributed by atoms with Crippen molar-refractivity contribution in [2.75, 3.05) is 0 Å². The summed E-state index contributed by atoms with van der Waals surface area (Å²) >= 11 is 0. The standard InChI is InChI=1S/C19H30N4O2/c1-13(14-7-4-5-8-14)18(24)20-16-10-6-9-15(16)11-23-12-17(21-22-23)19(2,3)25/h12,15-16,25H,4-11H2,1-3H3,(H,20,24)/t15-,16-/m1/s1. The molecule has 2 atom stereocenters. The fraction of sp³-hybridized carbons (Fsp3) is 0.737. The molecule has 1 aromatic heterocycles. The number of hydrogen-bond donors (Lipinski definition) is 2. The number of nitrogens with zero attached hydrogens (tertiary/aromatic N) is 3. The van der Waals surface area contributed by atoms with Crippen LogP contribution in [0, 0.1) is 5.92 Å². The Bertz CT molecular complexity index is 649. The van der Waals surface area contributed by atoms with Gasteiger partial charge in [-0.25, -0.2) is 0 Å². The molecular weight excluding hydrogens is 316 g/mol. The van der Waals surface area contributed by atoms with Crippen LogP contribution in [0.4, 0.5) is 0 Å². The van der Waals surface area contributed by atoms with Crippen molar-refractivity contribution >= 4 is 5.91 Å². The topological polar surface area (TPSA) is 80.0 Å². The van der Waals surface area contributed by atoms with Crippen molar-refractivity contribution in [3.05, 3.63) is 23.0 Å². The minimum Gasteiger partial charge on any atom is -0.384 e. The molecule has 0 spiro atoms. The predicted octanol–water partition coefficient (Wildman–Crippen LogP) is 2.68. The zero-order valence-electron chi connectivity index (χ0n) is 15.6. The first-order valence-electron chi connectivity index (χ1n) is 9.47. The highest BCUT2D eigenvalue weighted by molar-refractivity contribution is 5.93. The van der Waals surface area contributed by atoms with E-state index >= 15 is 0 Å². The lowest BCUT2D eigenvalue weighted by Gasteiger charge is -2.21. The number of carbonyl (C=O) groups excluding carboxylic acids is 1. The average molecular weight is 346 g/mol. The van der Waals surface area contributed by atoms with Crippen LogP contribution < -0.4 is 5.32 Å². The van der Waals surface area contributed by atoms with E-state index in [2.05, 4.69) is 15.6 Å². The highest BCUT2D eigenvalue weighted by atomic mass is 16.3. The van der Waals surface area contributed by atoms with Crippen LogP contribution in [0.1, 0.15) is 71.4 Å². The summed E-state index contributed by atoms with van der Waals surface area (Å²) in [7, 11) is 0. The number of aromatic nitrogens is 3. The van der Waals surface area contributed by atoms with Gasteiger partial charge in [0.25, 0.3) is 0 Å². The van der Waals surface area contributed by atoms with Gasteiger partial charge in [0.1, 0.15) is 11.3 Å². The van der Waals surface area contributed by atoms with Crippen LogP contribution >= 0.6 is 0 Å². The van der Waals surface area contributed by atoms with E-state index in [4.69, 9.17) is 0 Å². The van der Waals surface area contributed by atoms with Gasteiger partial charge in [-0.05, 0) is 65.2 Å². The lowest BCUT2D eigenvalue weighted by atomic mass is 10.0. The fourth-order valence-corrected chi connectivity index (χ4v) is 3.97. The van der Waals surface area contributed by atoms with Crippen molar-refractivity contribution in [1.82, 2.24) is 20.3 Å². The Balaban J connectivity index is 1.62. The molecule has 0 bridgehead atoms. The highest BCUT2D eigenvalue weighted by Crippen LogP contribution is 2.30. The molecule has 0 unspecified atom stereocenters. The number of nitrogens with one attached hydrogen (secondary N) is 1. The predicted molar refractivity (Wildman–Crippen MR) is 95.7 cm³/mol. The Morgan fingerprint density at radius 2 is 2.04 bits per heavy atom. The molecule has 1 amide bonds. The summed E-state index contributed by atoms with van der Waals surface area (Å²) in [6, 6.07) is 0.194. The Morgan fingerprint density at radius 3 is 2.68 bits per heavy atom. The zero-order valence-corrected chi connectivity index (χ0v) is 15.6. The lowest BCUT2D eigenvalue weighted by Crippen LogP contribution is -2.39. The molecule has 1 heterocycles. The maximum absolute atomic E-state index is 12.6. The Hall–Kier alpha value is -1.69. The average Bonchev–Trinajstić information content (AvgIpc) is 3.27. The lowest BCUT2D eigenvalue weighted by molar-refractivity contribution is -0.118. The van der Waals surface area contributed by atoms with E-state index in [9.17, 15) is 9.90 Å². The Kier molecular flexibility index (Phi) is 5.27. The summed E-state index contributed by atoms with van der Waals surface area (Å²) in [5.41, 5.74) is 1.85. The highest BCUT2D eigenvalue weighted by Gasteiger charge is 2.30. The van der Waals surface area contributed by atoms with Crippen molar-refractivity contribution in [3.8, 4) is 0 Å². The van der Waals surface area contributed by atoms with Gasteiger partial charge in [-0.1, -0.05) is 17.2 Å². The van der Waals surface area contributed by atoms with E-state index in [0.717, 1.165) is 44.2 Å². The summed E-state index contributed by atoms with van der Waals surface area (Å²) < 4.78 is 1.80. The molecule has 0 saturated heterocycles. The largest absolute Gasteiger partial charge is 0.384 e. The second-order valence-corrected chi connectivity index (χ2v) is 8.09. The molecule has 2 aliphatic carbocycles. The molecule has 0 aromatic carbocycles. The van der Waals surface area contributed by atoms with Crippen LogP contribution in [0.5, 0.6) is 0 Å². The van der Waals surface area contributed by atoms with Gasteiger partial charge >= 0.3 is 0 Å². The van der Waals surface area contributed by atoms with E-state index in [1.165, 1.54) is 18.4 Å². The molecule has 0 radical (unpaired) electrons. The van der Waals surface area contributed by atoms with Crippen molar-refractivity contribution in [1.29, 1.82) is 0 Å². The molecule has 1 aromatic rings. The van der Waals surface area contributed by atoms with Gasteiger partial charge in [0.2, 0.25) is 5.91 Å². The maximum Gasteiger partial charge on any atom is 0.247 e. The monoisotopic (exact) mass is 346 g/mol. The van der Waals surface area contributed by atoms with Crippen LogP contribution in [-0.4, -0.2) is 32.0 Å². The molecule has 2 fully saturated rings. The molecule has 2 N–H and O–H groups in total. The Morgan fingerprint density at radius 1 is 1.32 bits per heavy atom. The van der Waals surface area contributed by atoms with Gasteiger partial charge in [-0.15, -0.1) is 5.10 Å². The van der Waals surface area contributed by atoms with Crippen molar-refractivity contribution < 1.29 is 9.90 Å². The number of amides is 1. The van der Waals surface area contributed by atoms with Gasteiger partial charge in [-0.3, -0.25) is 9.48 Å². The van der Waals surface area contributed by atoms with Gasteiger partial charge in [-0.2, -0.15) is 0 Å². The number of aliphatic hydroxyl groups is 1. The fourth-order valence-electron chi connectivity index (χ4n) is 3.97. The first-order valence-corrected chi connectivity index (χ1v) is 9.47. The Labute approximate surface area is 149 Å². The molecular formula is C19H30N4O2. The first-order chi connectivity index (χ1) is 11.8. The van der Waals surface area contributed by atoms with E-state index in [0.29, 0.717) is 11.6 Å². The third-order valence-corrected chi connectivity index (χ3v) is 5.64. The van der Waals surface area contributed by atoms with Gasteiger partial charge in [0, 0.05) is 18.2 Å². The van der Waals surface area contributed by atoms with Gasteiger partial charge in [0.05, 0.1) is 6.20 Å². The minimum atomic E-state index is -0.980. The molecule has 6 heteroatoms. The molecule has 2 aliphatic rings. The molecule has 0 aliphatic heterocycles. The van der Waals surface area contributed by atoms with E-state index in [1.54, 1.807) is 18.5 Å². The van der Waals surface area contributed by atoms with E-state index in [1.807, 2.05) is 13.1 Å². The first kappa shape index (κ1) is 18.1. The van der Waals surface area contributed by atoms with Crippen LogP contribution in [-0.2, 0) is 16.9 Å². The van der Waals surface area contributed by atoms with Gasteiger partial charge < -0.3 is 10.4 Å². The minimum absolute atomic E-state index is 0.101. The number of hydrogen-bond acceptors (Lipinski definition) is 4. The van der Waals surface area contributed by atoms with Crippen molar-refractivity contribution in [2.24, 2.45) is 5.92 Å². The second kappa shape index (κ2) is 7.28. The zero-order chi connectivity index (χ0) is 18.0. The van der Waals surface area contributed by atoms with E-state index in [-0.39, 0.29) is 11.9 Å². The molecule has 25 heavy (non-hydrogen) atoms. The normalized spacial score (nSPS) is 23.9. The van der Waals surface area contributed by atoms with Crippen molar-refractivity contribution in [3.63, 3.8) is 0 Å². The summed E-state index contributed by atoms with van der Waals surface area (Å²) in [6.45, 7) is 6.11. The van der Waals surface area contributed by atoms with Crippen LogP contribution in [0.3, 0.4) is 0 Å². The summed E-state index contributed by atoms with van der Waals surface area (Å²) in [4.78, 5) is 12.6. The smallest absolute Gasteiger partial charge is 0.247 e. The number of rotatable bonds is 5. The summed E-state index contributed by atoms with van der Waals surface area (Å²) in [5.74, 6) is 0.464. The maximum atomic E-state index is 12.6. The SMILES string of the molecule is CC(C(=O)N[C@@H]1CCC[C@@H]1Cn1cc(C(C)(C)O)nn1)=C1CCCC1. The van der Waals surface area contributed by atoms with Crippen LogP contribution in [0.25, 0.3) is 0 Å². The van der Waals surface area contributed by atoms with Gasteiger partial charge in [0.15, 0.2) is 0 Å². The van der Waals surface area contributed by atoms with Crippen molar-refractivity contribution in [2.45, 2.75) is 83.9 Å². The summed E-state index contributed by atoms with van der Waals surface area (Å²) in [5, 5.41) is 21.5. The molecule has 138 valence electrons. The molecule has 2 saturated carbocycles. The van der Waals surface area contributed by atoms with Crippen LogP contribution in [0.15, 0.2) is 17.3 Å². The summed E-state index contributed by atoms with van der Waals surface area (Å²) in [6.07, 6.45) is 9.60. The van der Waals surface area contributed by atoms with Crippen LogP contribution in [0.2, 0.25) is 0 Å².